The molecule has 3 heterocycles. The average Bonchev–Trinajstić information content (AvgIpc) is 3.43. The largest absolute Gasteiger partial charge is 0.354 e. The number of imidazole rings is 1. The number of nitrogens with one attached hydrogen (secondary N) is 1. The van der Waals surface area contributed by atoms with E-state index < -0.39 is 0 Å². The highest BCUT2D eigenvalue weighted by Crippen LogP contribution is 2.28. The highest BCUT2D eigenvalue weighted by Gasteiger charge is 2.21. The molecular weight excluding hydrogens is 408 g/mol. The molecule has 4 aromatic rings. The third-order valence-corrected chi connectivity index (χ3v) is 6.07. The van der Waals surface area contributed by atoms with Gasteiger partial charge in [-0.25, -0.2) is 15.0 Å². The van der Waals surface area contributed by atoms with Crippen molar-refractivity contribution in [1.29, 1.82) is 0 Å². The van der Waals surface area contributed by atoms with Crippen LogP contribution in [0.5, 0.6) is 0 Å². The van der Waals surface area contributed by atoms with Crippen molar-refractivity contribution < 1.29 is 4.79 Å². The van der Waals surface area contributed by atoms with Gasteiger partial charge in [-0.1, -0.05) is 24.3 Å². The number of benzene rings is 2. The van der Waals surface area contributed by atoms with E-state index in [9.17, 15) is 4.79 Å². The zero-order chi connectivity index (χ0) is 21.2. The smallest absolute Gasteiger partial charge is 0.245 e. The van der Waals surface area contributed by atoms with Crippen LogP contribution < -0.4 is 10.2 Å². The number of rotatable bonds is 6. The third-order valence-electron chi connectivity index (χ3n) is 5.52. The minimum Gasteiger partial charge on any atom is -0.354 e. The standard InChI is InChI=1S/C23H24N6OS/c1-31-15-20-24-18-10-4-5-11-19(18)29(20)14-21(30)27-22-23(28-12-6-7-13-28)26-17-9-3-2-8-16(17)25-22/h2-5,8-11H,6-7,12-15H2,1H3,(H,25,27,30). The average molecular weight is 433 g/mol. The molecule has 1 amide bonds. The number of anilines is 2. The molecule has 1 saturated heterocycles. The molecule has 2 aromatic heterocycles. The second-order valence-electron chi connectivity index (χ2n) is 7.66. The highest BCUT2D eigenvalue weighted by molar-refractivity contribution is 7.97. The lowest BCUT2D eigenvalue weighted by molar-refractivity contribution is -0.116. The molecule has 0 atom stereocenters. The second kappa shape index (κ2) is 8.55. The minimum absolute atomic E-state index is 0.129. The molecule has 31 heavy (non-hydrogen) atoms. The van der Waals surface area contributed by atoms with Gasteiger partial charge in [0, 0.05) is 13.1 Å². The van der Waals surface area contributed by atoms with Gasteiger partial charge in [-0.05, 0) is 43.4 Å². The first-order valence-corrected chi connectivity index (χ1v) is 11.9. The molecule has 0 saturated carbocycles. The minimum atomic E-state index is -0.129. The first-order chi connectivity index (χ1) is 15.2. The quantitative estimate of drug-likeness (QED) is 0.495. The number of amides is 1. The van der Waals surface area contributed by atoms with Crippen molar-refractivity contribution in [2.75, 3.05) is 29.6 Å². The molecule has 7 nitrogen and oxygen atoms in total. The molecule has 0 spiro atoms. The van der Waals surface area contributed by atoms with E-state index in [4.69, 9.17) is 15.0 Å². The summed E-state index contributed by atoms with van der Waals surface area (Å²) in [6.07, 6.45) is 4.29. The van der Waals surface area contributed by atoms with Gasteiger partial charge in [-0.15, -0.1) is 0 Å². The summed E-state index contributed by atoms with van der Waals surface area (Å²) in [5, 5.41) is 3.04. The molecule has 2 aromatic carbocycles. The molecule has 1 aliphatic heterocycles. The highest BCUT2D eigenvalue weighted by atomic mass is 32.2. The molecule has 5 rings (SSSR count). The predicted octanol–water partition coefficient (Wildman–Crippen LogP) is 4.08. The van der Waals surface area contributed by atoms with E-state index in [1.165, 1.54) is 0 Å². The lowest BCUT2D eigenvalue weighted by Crippen LogP contribution is -2.25. The summed E-state index contributed by atoms with van der Waals surface area (Å²) in [5.41, 5.74) is 3.48. The molecule has 1 N–H and O–H groups in total. The number of nitrogens with zero attached hydrogens (tertiary/aromatic N) is 5. The van der Waals surface area contributed by atoms with Gasteiger partial charge in [-0.3, -0.25) is 4.79 Å². The molecule has 1 fully saturated rings. The third kappa shape index (κ3) is 3.95. The maximum absolute atomic E-state index is 13.1. The maximum atomic E-state index is 13.1. The predicted molar refractivity (Wildman–Crippen MR) is 127 cm³/mol. The number of hydrogen-bond acceptors (Lipinski definition) is 6. The normalized spacial score (nSPS) is 13.9. The Morgan fingerprint density at radius 1 is 0.968 bits per heavy atom. The van der Waals surface area contributed by atoms with E-state index in [2.05, 4.69) is 10.2 Å². The van der Waals surface area contributed by atoms with Gasteiger partial charge in [-0.2, -0.15) is 11.8 Å². The lowest BCUT2D eigenvalue weighted by atomic mass is 10.3. The monoisotopic (exact) mass is 432 g/mol. The Labute approximate surface area is 184 Å². The van der Waals surface area contributed by atoms with Crippen LogP contribution in [0.2, 0.25) is 0 Å². The van der Waals surface area contributed by atoms with Crippen molar-refractivity contribution in [1.82, 2.24) is 19.5 Å². The Bertz CT molecular complexity index is 1250. The summed E-state index contributed by atoms with van der Waals surface area (Å²) in [6, 6.07) is 15.7. The second-order valence-corrected chi connectivity index (χ2v) is 8.53. The van der Waals surface area contributed by atoms with Crippen molar-refractivity contribution in [3.8, 4) is 0 Å². The van der Waals surface area contributed by atoms with Gasteiger partial charge in [0.2, 0.25) is 5.91 Å². The van der Waals surface area contributed by atoms with Crippen LogP contribution >= 0.6 is 11.8 Å². The zero-order valence-electron chi connectivity index (χ0n) is 17.4. The lowest BCUT2D eigenvalue weighted by Gasteiger charge is -2.20. The SMILES string of the molecule is CSCc1nc2ccccc2n1CC(=O)Nc1nc2ccccc2nc1N1CCCC1. The zero-order valence-corrected chi connectivity index (χ0v) is 18.2. The number of fused-ring (bicyclic) bond motifs is 2. The Morgan fingerprint density at radius 2 is 1.65 bits per heavy atom. The number of thioether (sulfide) groups is 1. The Kier molecular flexibility index (Phi) is 5.46. The molecule has 0 bridgehead atoms. The number of carbonyl (C=O) groups is 1. The fourth-order valence-corrected chi connectivity index (χ4v) is 4.56. The molecule has 8 heteroatoms. The molecule has 0 radical (unpaired) electrons. The van der Waals surface area contributed by atoms with Crippen LogP contribution in [-0.4, -0.2) is 44.8 Å². The van der Waals surface area contributed by atoms with Crippen molar-refractivity contribution in [2.24, 2.45) is 0 Å². The van der Waals surface area contributed by atoms with Crippen LogP contribution in [-0.2, 0) is 17.1 Å². The Hall–Kier alpha value is -3.13. The van der Waals surface area contributed by atoms with E-state index in [1.54, 1.807) is 11.8 Å². The molecule has 0 unspecified atom stereocenters. The molecule has 0 aliphatic carbocycles. The Balaban J connectivity index is 1.47. The maximum Gasteiger partial charge on any atom is 0.245 e. The topological polar surface area (TPSA) is 75.9 Å². The van der Waals surface area contributed by atoms with E-state index in [-0.39, 0.29) is 12.5 Å². The van der Waals surface area contributed by atoms with Crippen molar-refractivity contribution in [3.05, 3.63) is 54.4 Å². The molecular formula is C23H24N6OS. The van der Waals surface area contributed by atoms with Crippen molar-refractivity contribution >= 4 is 51.4 Å². The van der Waals surface area contributed by atoms with E-state index in [0.717, 1.165) is 65.4 Å². The van der Waals surface area contributed by atoms with Crippen LogP contribution in [0.15, 0.2) is 48.5 Å². The fourth-order valence-electron chi connectivity index (χ4n) is 4.08. The van der Waals surface area contributed by atoms with Gasteiger partial charge < -0.3 is 14.8 Å². The van der Waals surface area contributed by atoms with Crippen LogP contribution in [0, 0.1) is 0 Å². The first kappa shape index (κ1) is 19.8. The van der Waals surface area contributed by atoms with Crippen molar-refractivity contribution in [2.45, 2.75) is 25.1 Å². The van der Waals surface area contributed by atoms with Crippen LogP contribution in [0.3, 0.4) is 0 Å². The van der Waals surface area contributed by atoms with E-state index in [0.29, 0.717) is 5.82 Å². The van der Waals surface area contributed by atoms with Gasteiger partial charge in [0.25, 0.3) is 0 Å². The summed E-state index contributed by atoms with van der Waals surface area (Å²) in [4.78, 5) is 29.6. The van der Waals surface area contributed by atoms with Crippen LogP contribution in [0.4, 0.5) is 11.6 Å². The Morgan fingerprint density at radius 3 is 2.39 bits per heavy atom. The molecule has 1 aliphatic rings. The van der Waals surface area contributed by atoms with Gasteiger partial charge in [0.15, 0.2) is 11.6 Å². The number of para-hydroxylation sites is 4. The number of aromatic nitrogens is 4. The van der Waals surface area contributed by atoms with Gasteiger partial charge in [0.1, 0.15) is 12.4 Å². The number of carbonyl (C=O) groups excluding carboxylic acids is 1. The molecule has 158 valence electrons. The fraction of sp³-hybridized carbons (Fsp3) is 0.304. The first-order valence-electron chi connectivity index (χ1n) is 10.5. The summed E-state index contributed by atoms with van der Waals surface area (Å²) >= 11 is 1.69. The van der Waals surface area contributed by atoms with Crippen LogP contribution in [0.1, 0.15) is 18.7 Å². The summed E-state index contributed by atoms with van der Waals surface area (Å²) in [5.74, 6) is 2.80. The van der Waals surface area contributed by atoms with Crippen molar-refractivity contribution in [3.63, 3.8) is 0 Å². The summed E-state index contributed by atoms with van der Waals surface area (Å²) in [6.45, 7) is 2.05. The van der Waals surface area contributed by atoms with Crippen LogP contribution in [0.25, 0.3) is 22.1 Å². The summed E-state index contributed by atoms with van der Waals surface area (Å²) < 4.78 is 1.99. The summed E-state index contributed by atoms with van der Waals surface area (Å²) in [7, 11) is 0. The van der Waals surface area contributed by atoms with Gasteiger partial charge in [0.05, 0.1) is 27.8 Å². The van der Waals surface area contributed by atoms with E-state index >= 15 is 0 Å². The number of hydrogen-bond donors (Lipinski definition) is 1. The van der Waals surface area contributed by atoms with E-state index in [1.807, 2.05) is 59.4 Å². The van der Waals surface area contributed by atoms with Gasteiger partial charge >= 0.3 is 0 Å².